The normalized spacial score (nSPS) is 20.7. The van der Waals surface area contributed by atoms with Gasteiger partial charge in [-0.25, -0.2) is 9.78 Å². The molecule has 2 N–H and O–H groups in total. The third-order valence-electron chi connectivity index (χ3n) is 5.28. The van der Waals surface area contributed by atoms with Gasteiger partial charge in [0.05, 0.1) is 27.5 Å². The van der Waals surface area contributed by atoms with Crippen LogP contribution in [0.15, 0.2) is 36.0 Å². The molecular weight excluding hydrogens is 360 g/mol. The van der Waals surface area contributed by atoms with Gasteiger partial charge in [0.2, 0.25) is 0 Å². The number of piperidine rings is 1. The van der Waals surface area contributed by atoms with Crippen LogP contribution in [0.1, 0.15) is 24.6 Å². The number of hydrogen-bond donors (Lipinski definition) is 2. The molecule has 2 amide bonds. The summed E-state index contributed by atoms with van der Waals surface area (Å²) in [5, 5.41) is 10.3. The molecule has 7 nitrogen and oxygen atoms in total. The topological polar surface area (TPSA) is 75.1 Å². The molecule has 1 saturated heterocycles. The van der Waals surface area contributed by atoms with E-state index in [1.165, 1.54) is 5.69 Å². The average molecular weight is 385 g/mol. The fourth-order valence-electron chi connectivity index (χ4n) is 3.95. The zero-order valence-corrected chi connectivity index (χ0v) is 16.4. The number of carbonyl (C=O) groups excluding carboxylic acids is 1. The van der Waals surface area contributed by atoms with Crippen LogP contribution in [0.25, 0.3) is 10.2 Å². The average Bonchev–Trinajstić information content (AvgIpc) is 3.28. The molecule has 0 aliphatic carbocycles. The fourth-order valence-corrected chi connectivity index (χ4v) is 4.66. The molecule has 3 aromatic rings. The van der Waals surface area contributed by atoms with E-state index in [1.54, 1.807) is 11.3 Å². The minimum Gasteiger partial charge on any atom is -0.338 e. The highest BCUT2D eigenvalue weighted by Crippen LogP contribution is 2.34. The number of rotatable bonds is 4. The summed E-state index contributed by atoms with van der Waals surface area (Å²) < 4.78 is 3.00. The Kier molecular flexibility index (Phi) is 5.09. The number of aromatic nitrogens is 3. The first-order chi connectivity index (χ1) is 13.1. The van der Waals surface area contributed by atoms with Gasteiger partial charge in [-0.1, -0.05) is 0 Å². The van der Waals surface area contributed by atoms with Crippen molar-refractivity contribution < 1.29 is 4.79 Å². The largest absolute Gasteiger partial charge is 0.338 e. The summed E-state index contributed by atoms with van der Waals surface area (Å²) in [6.45, 7) is 1.70. The Morgan fingerprint density at radius 2 is 2.22 bits per heavy atom. The summed E-state index contributed by atoms with van der Waals surface area (Å²) >= 11 is 1.57. The van der Waals surface area contributed by atoms with E-state index in [2.05, 4.69) is 38.7 Å². The molecule has 142 valence electrons. The Morgan fingerprint density at radius 1 is 1.33 bits per heavy atom. The maximum Gasteiger partial charge on any atom is 0.319 e. The molecule has 2 aromatic heterocycles. The van der Waals surface area contributed by atoms with Gasteiger partial charge in [-0.3, -0.25) is 9.58 Å². The summed E-state index contributed by atoms with van der Waals surface area (Å²) in [5.74, 6) is 0.355. The first-order valence-corrected chi connectivity index (χ1v) is 10.1. The standard InChI is InChI=1S/C19H24N6OS/c1-24-9-3-4-13(18(24)16-7-8-22-25(16)2)11-20-19(26)23-14-5-6-15-17(10-14)27-12-21-15/h5-8,10,12-13,18H,3-4,9,11H2,1-2H3,(H2,20,23,26)/t13-,18+/m0/s1. The van der Waals surface area contributed by atoms with Crippen LogP contribution < -0.4 is 10.6 Å². The number of urea groups is 1. The number of aryl methyl sites for hydroxylation is 1. The summed E-state index contributed by atoms with van der Waals surface area (Å²) in [6.07, 6.45) is 4.07. The summed E-state index contributed by atoms with van der Waals surface area (Å²) in [6, 6.07) is 7.93. The number of nitrogens with one attached hydrogen (secondary N) is 2. The molecule has 1 aromatic carbocycles. The van der Waals surface area contributed by atoms with Crippen molar-refractivity contribution in [2.24, 2.45) is 13.0 Å². The quantitative estimate of drug-likeness (QED) is 0.724. The zero-order valence-electron chi connectivity index (χ0n) is 15.6. The zero-order chi connectivity index (χ0) is 18.8. The number of hydrogen-bond acceptors (Lipinski definition) is 5. The maximum atomic E-state index is 12.4. The lowest BCUT2D eigenvalue weighted by atomic mass is 9.87. The second-order valence-corrected chi connectivity index (χ2v) is 7.96. The van der Waals surface area contributed by atoms with Crippen LogP contribution in [0.3, 0.4) is 0 Å². The Balaban J connectivity index is 1.40. The van der Waals surface area contributed by atoms with Gasteiger partial charge in [0, 0.05) is 25.5 Å². The Bertz CT molecular complexity index is 935. The summed E-state index contributed by atoms with van der Waals surface area (Å²) in [7, 11) is 4.12. The van der Waals surface area contributed by atoms with E-state index in [0.717, 1.165) is 35.3 Å². The van der Waals surface area contributed by atoms with E-state index in [9.17, 15) is 4.79 Å². The van der Waals surface area contributed by atoms with Crippen molar-refractivity contribution >= 4 is 33.3 Å². The molecule has 3 heterocycles. The fraction of sp³-hybridized carbons (Fsp3) is 0.421. The number of anilines is 1. The highest BCUT2D eigenvalue weighted by molar-refractivity contribution is 7.16. The molecule has 0 saturated carbocycles. The van der Waals surface area contributed by atoms with Gasteiger partial charge in [-0.15, -0.1) is 11.3 Å². The van der Waals surface area contributed by atoms with Crippen molar-refractivity contribution in [2.75, 3.05) is 25.5 Å². The second-order valence-electron chi connectivity index (χ2n) is 7.08. The number of thiazole rings is 1. The molecule has 2 atom stereocenters. The van der Waals surface area contributed by atoms with E-state index in [-0.39, 0.29) is 12.1 Å². The Hall–Kier alpha value is -2.45. The lowest BCUT2D eigenvalue weighted by Crippen LogP contribution is -2.43. The first kappa shape index (κ1) is 17.9. The second kappa shape index (κ2) is 7.66. The molecule has 1 aliphatic heterocycles. The molecule has 1 fully saturated rings. The third-order valence-corrected chi connectivity index (χ3v) is 6.07. The van der Waals surface area contributed by atoms with Crippen molar-refractivity contribution in [3.63, 3.8) is 0 Å². The van der Waals surface area contributed by atoms with Crippen molar-refractivity contribution in [1.29, 1.82) is 0 Å². The van der Waals surface area contributed by atoms with E-state index in [0.29, 0.717) is 12.5 Å². The summed E-state index contributed by atoms with van der Waals surface area (Å²) in [5.41, 5.74) is 4.75. The van der Waals surface area contributed by atoms with Crippen LogP contribution in [0.2, 0.25) is 0 Å². The van der Waals surface area contributed by atoms with Gasteiger partial charge in [0.1, 0.15) is 0 Å². The maximum absolute atomic E-state index is 12.4. The highest BCUT2D eigenvalue weighted by atomic mass is 32.1. The number of benzene rings is 1. The molecule has 0 radical (unpaired) electrons. The highest BCUT2D eigenvalue weighted by Gasteiger charge is 2.32. The van der Waals surface area contributed by atoms with Crippen molar-refractivity contribution in [2.45, 2.75) is 18.9 Å². The lowest BCUT2D eigenvalue weighted by Gasteiger charge is -2.39. The van der Waals surface area contributed by atoms with Crippen molar-refractivity contribution in [3.05, 3.63) is 41.7 Å². The van der Waals surface area contributed by atoms with Gasteiger partial charge in [-0.05, 0) is 56.6 Å². The Labute approximate surface area is 162 Å². The number of amides is 2. The van der Waals surface area contributed by atoms with E-state index in [1.807, 2.05) is 41.6 Å². The van der Waals surface area contributed by atoms with Gasteiger partial charge in [0.25, 0.3) is 0 Å². The molecule has 0 spiro atoms. The van der Waals surface area contributed by atoms with Crippen LogP contribution in [-0.2, 0) is 7.05 Å². The van der Waals surface area contributed by atoms with Crippen LogP contribution in [0, 0.1) is 5.92 Å². The van der Waals surface area contributed by atoms with Crippen LogP contribution in [0.4, 0.5) is 10.5 Å². The predicted octanol–water partition coefficient (Wildman–Crippen LogP) is 3.23. The smallest absolute Gasteiger partial charge is 0.319 e. The lowest BCUT2D eigenvalue weighted by molar-refractivity contribution is 0.114. The SMILES string of the molecule is CN1CCC[C@@H](CNC(=O)Nc2ccc3ncsc3c2)[C@@H]1c1ccnn1C. The summed E-state index contributed by atoms with van der Waals surface area (Å²) in [4.78, 5) is 19.0. The number of nitrogens with zero attached hydrogens (tertiary/aromatic N) is 4. The molecule has 27 heavy (non-hydrogen) atoms. The minimum atomic E-state index is -0.171. The van der Waals surface area contributed by atoms with Crippen LogP contribution in [-0.4, -0.2) is 45.8 Å². The van der Waals surface area contributed by atoms with E-state index in [4.69, 9.17) is 0 Å². The third kappa shape index (κ3) is 3.81. The van der Waals surface area contributed by atoms with E-state index < -0.39 is 0 Å². The molecule has 0 bridgehead atoms. The number of likely N-dealkylation sites (tertiary alicyclic amines) is 1. The number of fused-ring (bicyclic) bond motifs is 1. The van der Waals surface area contributed by atoms with Crippen LogP contribution >= 0.6 is 11.3 Å². The predicted molar refractivity (Wildman–Crippen MR) is 108 cm³/mol. The van der Waals surface area contributed by atoms with Gasteiger partial charge in [0.15, 0.2) is 0 Å². The van der Waals surface area contributed by atoms with Crippen molar-refractivity contribution in [3.8, 4) is 0 Å². The molecular formula is C19H24N6OS. The molecule has 8 heteroatoms. The Morgan fingerprint density at radius 3 is 3.04 bits per heavy atom. The molecule has 4 rings (SSSR count). The van der Waals surface area contributed by atoms with Crippen molar-refractivity contribution in [1.82, 2.24) is 25.0 Å². The molecule has 0 unspecified atom stereocenters. The van der Waals surface area contributed by atoms with Gasteiger partial charge in [-0.2, -0.15) is 5.10 Å². The minimum absolute atomic E-state index is 0.171. The first-order valence-electron chi connectivity index (χ1n) is 9.18. The van der Waals surface area contributed by atoms with Gasteiger partial charge < -0.3 is 10.6 Å². The monoisotopic (exact) mass is 384 g/mol. The van der Waals surface area contributed by atoms with Crippen LogP contribution in [0.5, 0.6) is 0 Å². The van der Waals surface area contributed by atoms with E-state index >= 15 is 0 Å². The van der Waals surface area contributed by atoms with Gasteiger partial charge >= 0.3 is 6.03 Å². The molecule has 1 aliphatic rings. The number of carbonyl (C=O) groups is 1.